The fraction of sp³-hybridized carbons (Fsp3) is 0.619. The van der Waals surface area contributed by atoms with E-state index in [0.717, 1.165) is 0 Å². The van der Waals surface area contributed by atoms with Gasteiger partial charge in [-0.25, -0.2) is 9.18 Å². The summed E-state index contributed by atoms with van der Waals surface area (Å²) in [6.07, 6.45) is 3.53. The number of amides is 1. The fourth-order valence-electron chi connectivity index (χ4n) is 3.08. The summed E-state index contributed by atoms with van der Waals surface area (Å²) < 4.78 is 25.3. The zero-order valence-electron chi connectivity index (χ0n) is 16.4. The Kier molecular flexibility index (Phi) is 7.63. The molecule has 0 aliphatic heterocycles. The zero-order valence-corrected chi connectivity index (χ0v) is 16.4. The molecule has 5 nitrogen and oxygen atoms in total. The molecule has 2 rings (SSSR count). The Morgan fingerprint density at radius 3 is 2.59 bits per heavy atom. The standard InChI is InChI=1S/C21H30FNO4/c1-21(2,3)27-20(25)23-13-18(24)19(22)16-10-7-11-17(12-16)26-14-15-8-5-4-6-9-15/h7,10-12,15,19H,4-6,8-9,13-14H2,1-3H3,(H,23,25). The number of carbonyl (C=O) groups excluding carboxylic acids is 2. The Balaban J connectivity index is 1.84. The molecule has 1 unspecified atom stereocenters. The summed E-state index contributed by atoms with van der Waals surface area (Å²) in [5, 5.41) is 2.29. The normalized spacial score (nSPS) is 16.4. The molecule has 1 N–H and O–H groups in total. The van der Waals surface area contributed by atoms with Crippen molar-refractivity contribution in [1.82, 2.24) is 5.32 Å². The van der Waals surface area contributed by atoms with Gasteiger partial charge in [0.2, 0.25) is 0 Å². The molecule has 27 heavy (non-hydrogen) atoms. The summed E-state index contributed by atoms with van der Waals surface area (Å²) in [7, 11) is 0. The molecule has 0 bridgehead atoms. The number of rotatable bonds is 7. The lowest BCUT2D eigenvalue weighted by molar-refractivity contribution is -0.123. The molecule has 1 aromatic carbocycles. The van der Waals surface area contributed by atoms with E-state index in [4.69, 9.17) is 9.47 Å². The number of hydrogen-bond acceptors (Lipinski definition) is 4. The SMILES string of the molecule is CC(C)(C)OC(=O)NCC(=O)C(F)c1cccc(OCC2CCCCC2)c1. The number of Topliss-reactive ketones (excluding diaryl/α,β-unsaturated/α-hetero) is 1. The highest BCUT2D eigenvalue weighted by Crippen LogP contribution is 2.26. The van der Waals surface area contributed by atoms with Gasteiger partial charge in [-0.3, -0.25) is 4.79 Å². The van der Waals surface area contributed by atoms with Crippen LogP contribution in [0.2, 0.25) is 0 Å². The van der Waals surface area contributed by atoms with Crippen LogP contribution in [0.15, 0.2) is 24.3 Å². The third-order valence-electron chi connectivity index (χ3n) is 4.45. The van der Waals surface area contributed by atoms with Crippen molar-refractivity contribution in [2.75, 3.05) is 13.2 Å². The van der Waals surface area contributed by atoms with Crippen molar-refractivity contribution in [3.05, 3.63) is 29.8 Å². The molecule has 1 amide bonds. The monoisotopic (exact) mass is 379 g/mol. The van der Waals surface area contributed by atoms with Crippen molar-refractivity contribution < 1.29 is 23.5 Å². The van der Waals surface area contributed by atoms with Crippen LogP contribution in [0.5, 0.6) is 5.75 Å². The van der Waals surface area contributed by atoms with Crippen LogP contribution in [0.1, 0.15) is 64.6 Å². The van der Waals surface area contributed by atoms with Crippen LogP contribution in [-0.4, -0.2) is 30.6 Å². The number of carbonyl (C=O) groups is 2. The molecule has 1 atom stereocenters. The van der Waals surface area contributed by atoms with Crippen molar-refractivity contribution in [3.63, 3.8) is 0 Å². The van der Waals surface area contributed by atoms with Gasteiger partial charge in [0.15, 0.2) is 12.0 Å². The highest BCUT2D eigenvalue weighted by Gasteiger charge is 2.22. The van der Waals surface area contributed by atoms with Gasteiger partial charge in [0, 0.05) is 0 Å². The molecule has 150 valence electrons. The molecule has 1 fully saturated rings. The quantitative estimate of drug-likeness (QED) is 0.742. The first-order valence-corrected chi connectivity index (χ1v) is 9.61. The van der Waals surface area contributed by atoms with Gasteiger partial charge < -0.3 is 14.8 Å². The van der Waals surface area contributed by atoms with Crippen LogP contribution in [0.4, 0.5) is 9.18 Å². The van der Waals surface area contributed by atoms with E-state index in [-0.39, 0.29) is 5.56 Å². The van der Waals surface area contributed by atoms with Crippen LogP contribution in [0, 0.1) is 5.92 Å². The Bertz CT molecular complexity index is 635. The Hall–Kier alpha value is -2.11. The minimum absolute atomic E-state index is 0.229. The van der Waals surface area contributed by atoms with Crippen molar-refractivity contribution in [2.45, 2.75) is 64.6 Å². The molecule has 0 radical (unpaired) electrons. The molecule has 1 saturated carbocycles. The summed E-state index contributed by atoms with van der Waals surface area (Å²) in [5.41, 5.74) is -0.446. The first kappa shape index (κ1) is 21.2. The predicted octanol–water partition coefficient (Wildman–Crippen LogP) is 4.75. The number of halogens is 1. The summed E-state index contributed by atoms with van der Waals surface area (Å²) in [5.74, 6) is 0.377. The molecular formula is C21H30FNO4. The van der Waals surface area contributed by atoms with Gasteiger partial charge in [0.1, 0.15) is 11.4 Å². The number of ketones is 1. The first-order chi connectivity index (χ1) is 12.7. The summed E-state index contributed by atoms with van der Waals surface area (Å²) in [4.78, 5) is 23.6. The molecule has 1 aliphatic rings. The predicted molar refractivity (Wildman–Crippen MR) is 102 cm³/mol. The topological polar surface area (TPSA) is 64.6 Å². The zero-order chi connectivity index (χ0) is 19.9. The van der Waals surface area contributed by atoms with Gasteiger partial charge in [0.25, 0.3) is 0 Å². The van der Waals surface area contributed by atoms with Gasteiger partial charge in [-0.15, -0.1) is 0 Å². The number of ether oxygens (including phenoxy) is 2. The average Bonchev–Trinajstić information content (AvgIpc) is 2.63. The lowest BCUT2D eigenvalue weighted by Gasteiger charge is -2.22. The van der Waals surface area contributed by atoms with Crippen molar-refractivity contribution in [3.8, 4) is 5.75 Å². The number of benzene rings is 1. The van der Waals surface area contributed by atoms with Gasteiger partial charge in [-0.05, 0) is 57.2 Å². The van der Waals surface area contributed by atoms with Crippen LogP contribution in [-0.2, 0) is 9.53 Å². The van der Waals surface area contributed by atoms with E-state index in [1.54, 1.807) is 45.0 Å². The second-order valence-electron chi connectivity index (χ2n) is 8.07. The third kappa shape index (κ3) is 7.57. The number of alkyl carbamates (subject to hydrolysis) is 1. The minimum Gasteiger partial charge on any atom is -0.493 e. The summed E-state index contributed by atoms with van der Waals surface area (Å²) >= 11 is 0. The smallest absolute Gasteiger partial charge is 0.408 e. The fourth-order valence-corrected chi connectivity index (χ4v) is 3.08. The number of hydrogen-bond donors (Lipinski definition) is 1. The number of alkyl halides is 1. The van der Waals surface area contributed by atoms with E-state index in [0.29, 0.717) is 18.3 Å². The highest BCUT2D eigenvalue weighted by molar-refractivity contribution is 5.88. The maximum Gasteiger partial charge on any atom is 0.408 e. The second-order valence-corrected chi connectivity index (χ2v) is 8.07. The second kappa shape index (κ2) is 9.72. The molecule has 0 aromatic heterocycles. The lowest BCUT2D eigenvalue weighted by Crippen LogP contribution is -2.36. The molecule has 1 aliphatic carbocycles. The third-order valence-corrected chi connectivity index (χ3v) is 4.45. The molecule has 1 aromatic rings. The number of nitrogens with one attached hydrogen (secondary N) is 1. The lowest BCUT2D eigenvalue weighted by atomic mass is 9.90. The summed E-state index contributed by atoms with van der Waals surface area (Å²) in [6, 6.07) is 6.54. The van der Waals surface area contributed by atoms with Gasteiger partial charge in [0.05, 0.1) is 13.2 Å². The van der Waals surface area contributed by atoms with Gasteiger partial charge >= 0.3 is 6.09 Å². The maximum atomic E-state index is 14.5. The van der Waals surface area contributed by atoms with Crippen LogP contribution in [0.25, 0.3) is 0 Å². The van der Waals surface area contributed by atoms with E-state index < -0.39 is 30.2 Å². The maximum absolute atomic E-state index is 14.5. The average molecular weight is 379 g/mol. The van der Waals surface area contributed by atoms with Crippen molar-refractivity contribution in [2.24, 2.45) is 5.92 Å². The van der Waals surface area contributed by atoms with Gasteiger partial charge in [-0.2, -0.15) is 0 Å². The van der Waals surface area contributed by atoms with Crippen molar-refractivity contribution in [1.29, 1.82) is 0 Å². The Labute approximate surface area is 160 Å². The molecule has 0 heterocycles. The van der Waals surface area contributed by atoms with E-state index >= 15 is 0 Å². The Morgan fingerprint density at radius 2 is 1.93 bits per heavy atom. The van der Waals surface area contributed by atoms with Crippen LogP contribution < -0.4 is 10.1 Å². The van der Waals surface area contributed by atoms with Gasteiger partial charge in [-0.1, -0.05) is 31.4 Å². The molecule has 6 heteroatoms. The van der Waals surface area contributed by atoms with Crippen molar-refractivity contribution >= 4 is 11.9 Å². The van der Waals surface area contributed by atoms with Crippen LogP contribution >= 0.6 is 0 Å². The Morgan fingerprint density at radius 1 is 1.22 bits per heavy atom. The largest absolute Gasteiger partial charge is 0.493 e. The first-order valence-electron chi connectivity index (χ1n) is 9.61. The summed E-state index contributed by atoms with van der Waals surface area (Å²) in [6.45, 7) is 5.33. The van der Waals surface area contributed by atoms with Crippen LogP contribution in [0.3, 0.4) is 0 Å². The van der Waals surface area contributed by atoms with E-state index in [2.05, 4.69) is 5.32 Å². The molecule has 0 saturated heterocycles. The molecule has 0 spiro atoms. The van der Waals surface area contributed by atoms with E-state index in [1.165, 1.54) is 32.1 Å². The van der Waals surface area contributed by atoms with E-state index in [1.807, 2.05) is 0 Å². The minimum atomic E-state index is -1.82. The van der Waals surface area contributed by atoms with E-state index in [9.17, 15) is 14.0 Å². The highest BCUT2D eigenvalue weighted by atomic mass is 19.1. The molecular weight excluding hydrogens is 349 g/mol.